The van der Waals surface area contributed by atoms with Gasteiger partial charge in [-0.05, 0) is 50.3 Å². The van der Waals surface area contributed by atoms with Gasteiger partial charge in [0.1, 0.15) is 27.9 Å². The van der Waals surface area contributed by atoms with Gasteiger partial charge in [-0.3, -0.25) is 0 Å². The third-order valence-corrected chi connectivity index (χ3v) is 5.98. The number of hydrogen-bond acceptors (Lipinski definition) is 7. The average molecular weight is 476 g/mol. The van der Waals surface area contributed by atoms with Crippen molar-refractivity contribution >= 4 is 40.5 Å². The van der Waals surface area contributed by atoms with Gasteiger partial charge < -0.3 is 19.4 Å². The summed E-state index contributed by atoms with van der Waals surface area (Å²) in [5, 5.41) is 20.6. The number of carbonyl (C=O) groups is 2. The van der Waals surface area contributed by atoms with Crippen LogP contribution in [0.1, 0.15) is 28.6 Å². The van der Waals surface area contributed by atoms with Crippen molar-refractivity contribution in [1.82, 2.24) is 0 Å². The highest BCUT2D eigenvalue weighted by Crippen LogP contribution is 2.40. The Kier molecular flexibility index (Phi) is 6.70. The fourth-order valence-electron chi connectivity index (χ4n) is 3.32. The minimum atomic E-state index is -1.06. The molecule has 0 saturated heterocycles. The van der Waals surface area contributed by atoms with Crippen molar-refractivity contribution < 1.29 is 29.0 Å². The molecule has 34 heavy (non-hydrogen) atoms. The molecule has 0 aliphatic carbocycles. The van der Waals surface area contributed by atoms with Crippen LogP contribution in [0.3, 0.4) is 0 Å². The second-order valence-corrected chi connectivity index (χ2v) is 8.39. The van der Waals surface area contributed by atoms with E-state index in [2.05, 4.69) is 4.99 Å². The van der Waals surface area contributed by atoms with Gasteiger partial charge in [0.15, 0.2) is 0 Å². The van der Waals surface area contributed by atoms with Crippen LogP contribution in [0.2, 0.25) is 0 Å². The standard InChI is InChI=1S/C26H21NO6S/c1-3-32-26(31)22-23(28)21(34-24(22)27-16-10-8-15(2)9-11-16)14-17-12-13-20(33-17)18-6-4-5-7-19(18)25(29)30/h4-14,28H,3H2,1-2H3,(H,29,30)/b21-14-,27-24?. The normalized spacial score (nSPS) is 15.8. The lowest BCUT2D eigenvalue weighted by Crippen LogP contribution is -2.12. The first-order chi connectivity index (χ1) is 16.4. The molecule has 4 rings (SSSR count). The van der Waals surface area contributed by atoms with Crippen molar-refractivity contribution in [2.75, 3.05) is 6.61 Å². The van der Waals surface area contributed by atoms with E-state index in [0.29, 0.717) is 32.7 Å². The number of benzene rings is 2. The van der Waals surface area contributed by atoms with E-state index in [9.17, 15) is 19.8 Å². The lowest BCUT2D eigenvalue weighted by molar-refractivity contribution is -0.138. The van der Waals surface area contributed by atoms with Crippen LogP contribution in [-0.4, -0.2) is 33.8 Å². The first-order valence-corrected chi connectivity index (χ1v) is 11.3. The van der Waals surface area contributed by atoms with Crippen LogP contribution >= 0.6 is 11.8 Å². The molecule has 0 atom stereocenters. The molecule has 0 saturated carbocycles. The van der Waals surface area contributed by atoms with E-state index >= 15 is 0 Å². The molecule has 172 valence electrons. The number of aliphatic imine (C=N–C) groups is 1. The molecule has 7 nitrogen and oxygen atoms in total. The molecule has 0 amide bonds. The van der Waals surface area contributed by atoms with Crippen LogP contribution in [-0.2, 0) is 9.53 Å². The predicted octanol–water partition coefficient (Wildman–Crippen LogP) is 6.15. The zero-order chi connectivity index (χ0) is 24.2. The van der Waals surface area contributed by atoms with E-state index < -0.39 is 11.9 Å². The predicted molar refractivity (Wildman–Crippen MR) is 131 cm³/mol. The second kappa shape index (κ2) is 9.84. The number of carboxylic acids is 1. The summed E-state index contributed by atoms with van der Waals surface area (Å²) in [5.41, 5.74) is 2.25. The first-order valence-electron chi connectivity index (χ1n) is 10.5. The zero-order valence-corrected chi connectivity index (χ0v) is 19.3. The Labute approximate surface area is 200 Å². The lowest BCUT2D eigenvalue weighted by Gasteiger charge is -2.04. The highest BCUT2D eigenvalue weighted by Gasteiger charge is 2.33. The number of carbonyl (C=O) groups excluding carboxylic acids is 1. The molecule has 3 aromatic rings. The number of hydrogen-bond donors (Lipinski definition) is 2. The van der Waals surface area contributed by atoms with E-state index in [1.807, 2.05) is 31.2 Å². The molecule has 1 aliphatic rings. The number of aryl methyl sites for hydroxylation is 1. The van der Waals surface area contributed by atoms with Gasteiger partial charge in [0.05, 0.1) is 22.8 Å². The SMILES string of the molecule is CCOC(=O)C1=C(O)/C(=C/c2ccc(-c3ccccc3C(=O)O)o2)SC1=Nc1ccc(C)cc1. The topological polar surface area (TPSA) is 109 Å². The summed E-state index contributed by atoms with van der Waals surface area (Å²) in [6, 6.07) is 17.3. The maximum Gasteiger partial charge on any atom is 0.344 e. The number of thioether (sulfide) groups is 1. The van der Waals surface area contributed by atoms with Gasteiger partial charge in [-0.15, -0.1) is 0 Å². The van der Waals surface area contributed by atoms with Crippen LogP contribution in [0.5, 0.6) is 0 Å². The summed E-state index contributed by atoms with van der Waals surface area (Å²) in [5.74, 6) is -1.23. The first kappa shape index (κ1) is 23.1. The maximum absolute atomic E-state index is 12.6. The van der Waals surface area contributed by atoms with Gasteiger partial charge in [-0.1, -0.05) is 47.7 Å². The number of rotatable bonds is 6. The summed E-state index contributed by atoms with van der Waals surface area (Å²) < 4.78 is 11.0. The van der Waals surface area contributed by atoms with Gasteiger partial charge >= 0.3 is 11.9 Å². The maximum atomic E-state index is 12.6. The van der Waals surface area contributed by atoms with Gasteiger partial charge in [0.25, 0.3) is 0 Å². The monoisotopic (exact) mass is 475 g/mol. The largest absolute Gasteiger partial charge is 0.506 e. The summed E-state index contributed by atoms with van der Waals surface area (Å²) in [6.45, 7) is 3.80. The summed E-state index contributed by atoms with van der Waals surface area (Å²) in [4.78, 5) is 29.0. The molecule has 0 radical (unpaired) electrons. The Hall–Kier alpha value is -4.04. The Morgan fingerprint density at radius 1 is 1.09 bits per heavy atom. The van der Waals surface area contributed by atoms with Crippen molar-refractivity contribution in [2.24, 2.45) is 4.99 Å². The number of ether oxygens (including phenoxy) is 1. The van der Waals surface area contributed by atoms with Crippen LogP contribution in [0, 0.1) is 6.92 Å². The number of aliphatic hydroxyl groups excluding tert-OH is 1. The molecule has 2 N–H and O–H groups in total. The fourth-order valence-corrected chi connectivity index (χ4v) is 4.33. The van der Waals surface area contributed by atoms with Gasteiger partial charge in [-0.2, -0.15) is 0 Å². The van der Waals surface area contributed by atoms with E-state index in [4.69, 9.17) is 9.15 Å². The number of carboxylic acid groups (broad SMARTS) is 1. The zero-order valence-electron chi connectivity index (χ0n) is 18.4. The van der Waals surface area contributed by atoms with E-state index in [1.165, 1.54) is 6.07 Å². The number of esters is 1. The van der Waals surface area contributed by atoms with Crippen molar-refractivity contribution in [3.63, 3.8) is 0 Å². The van der Waals surface area contributed by atoms with E-state index in [1.54, 1.807) is 43.3 Å². The number of nitrogens with zero attached hydrogens (tertiary/aromatic N) is 1. The molecular formula is C26H21NO6S. The second-order valence-electron chi connectivity index (χ2n) is 7.36. The van der Waals surface area contributed by atoms with Crippen LogP contribution in [0.25, 0.3) is 17.4 Å². The summed E-state index contributed by atoms with van der Waals surface area (Å²) >= 11 is 1.12. The quantitative estimate of drug-likeness (QED) is 0.412. The molecule has 1 aliphatic heterocycles. The molecule has 8 heteroatoms. The molecule has 0 unspecified atom stereocenters. The minimum absolute atomic E-state index is 0.0123. The van der Waals surface area contributed by atoms with Crippen LogP contribution < -0.4 is 0 Å². The molecule has 1 aromatic heterocycles. The van der Waals surface area contributed by atoms with E-state index in [0.717, 1.165) is 17.3 Å². The molecule has 0 fully saturated rings. The molecule has 2 heterocycles. The number of aliphatic hydroxyl groups is 1. The van der Waals surface area contributed by atoms with Crippen molar-refractivity contribution in [3.8, 4) is 11.3 Å². The minimum Gasteiger partial charge on any atom is -0.506 e. The Balaban J connectivity index is 1.71. The highest BCUT2D eigenvalue weighted by atomic mass is 32.2. The highest BCUT2D eigenvalue weighted by molar-refractivity contribution is 8.18. The van der Waals surface area contributed by atoms with Crippen LogP contribution in [0.15, 0.2) is 86.3 Å². The Morgan fingerprint density at radius 2 is 1.82 bits per heavy atom. The van der Waals surface area contributed by atoms with Crippen molar-refractivity contribution in [2.45, 2.75) is 13.8 Å². The van der Waals surface area contributed by atoms with Gasteiger partial charge in [0.2, 0.25) is 0 Å². The van der Waals surface area contributed by atoms with E-state index in [-0.39, 0.29) is 23.5 Å². The third kappa shape index (κ3) is 4.82. The average Bonchev–Trinajstić information content (AvgIpc) is 3.40. The van der Waals surface area contributed by atoms with Crippen LogP contribution in [0.4, 0.5) is 5.69 Å². The molecule has 0 spiro atoms. The Morgan fingerprint density at radius 3 is 2.53 bits per heavy atom. The van der Waals surface area contributed by atoms with Crippen molar-refractivity contribution in [1.29, 1.82) is 0 Å². The lowest BCUT2D eigenvalue weighted by atomic mass is 10.1. The number of aromatic carboxylic acids is 1. The molecule has 2 aromatic carbocycles. The smallest absolute Gasteiger partial charge is 0.344 e. The third-order valence-electron chi connectivity index (χ3n) is 4.96. The molecular weight excluding hydrogens is 454 g/mol. The summed E-state index contributed by atoms with van der Waals surface area (Å²) in [6.07, 6.45) is 1.57. The fraction of sp³-hybridized carbons (Fsp3) is 0.115. The van der Waals surface area contributed by atoms with Gasteiger partial charge in [0, 0.05) is 5.56 Å². The Bertz CT molecular complexity index is 1350. The number of furan rings is 1. The summed E-state index contributed by atoms with van der Waals surface area (Å²) in [7, 11) is 0. The van der Waals surface area contributed by atoms with Crippen molar-refractivity contribution in [3.05, 3.63) is 93.8 Å². The molecule has 0 bridgehead atoms. The van der Waals surface area contributed by atoms with Gasteiger partial charge in [-0.25, -0.2) is 14.6 Å².